The zero-order valence-corrected chi connectivity index (χ0v) is 18.2. The zero-order valence-electron chi connectivity index (χ0n) is 15.2. The molecule has 0 bridgehead atoms. The van der Waals surface area contributed by atoms with E-state index in [1.54, 1.807) is 0 Å². The van der Waals surface area contributed by atoms with Crippen LogP contribution in [-0.2, 0) is 18.8 Å². The Bertz CT molecular complexity index is 761. The number of aryl methyl sites for hydroxylation is 4. The van der Waals surface area contributed by atoms with E-state index in [9.17, 15) is 0 Å². The van der Waals surface area contributed by atoms with Crippen molar-refractivity contribution in [1.29, 1.82) is 0 Å². The van der Waals surface area contributed by atoms with Crippen molar-refractivity contribution in [2.45, 2.75) is 51.4 Å². The Balaban J connectivity index is 0.000000212. The summed E-state index contributed by atoms with van der Waals surface area (Å²) >= 11 is 4.14. The first kappa shape index (κ1) is 20.0. The lowest BCUT2D eigenvalue weighted by Gasteiger charge is -1.99. The number of nitrogens with zero attached hydrogens (tertiary/aromatic N) is 4. The van der Waals surface area contributed by atoms with Crippen LogP contribution in [-0.4, -0.2) is 19.6 Å². The van der Waals surface area contributed by atoms with Crippen molar-refractivity contribution in [2.24, 2.45) is 0 Å². The Kier molecular flexibility index (Phi) is 8.02. The molecule has 2 aromatic heterocycles. The van der Waals surface area contributed by atoms with Crippen LogP contribution in [0.2, 0.25) is 0 Å². The Morgan fingerprint density at radius 1 is 0.920 bits per heavy atom. The minimum absolute atomic E-state index is 0.937. The number of benzene rings is 1. The van der Waals surface area contributed by atoms with E-state index in [1.807, 2.05) is 28.0 Å². The summed E-state index contributed by atoms with van der Waals surface area (Å²) in [5, 5.41) is 8.68. The van der Waals surface area contributed by atoms with Crippen molar-refractivity contribution in [1.82, 2.24) is 19.6 Å². The molecule has 2 heterocycles. The number of halogens is 1. The molecule has 0 fully saturated rings. The predicted octanol–water partition coefficient (Wildman–Crippen LogP) is 5.32. The summed E-state index contributed by atoms with van der Waals surface area (Å²) in [7, 11) is 0. The van der Waals surface area contributed by atoms with E-state index in [4.69, 9.17) is 0 Å². The predicted molar refractivity (Wildman–Crippen MR) is 114 cm³/mol. The standard InChI is InChI=1S/C13H16N2S.C6H9IN2/c1-3-15-9-13(11(2)14-15)16-10-12-7-5-4-6-8-12;1-3-9-4-6(7)5(2)8-9/h4-9H,3,10H2,1-2H3;4H,3H2,1-2H3. The maximum Gasteiger partial charge on any atom is 0.0729 e. The quantitative estimate of drug-likeness (QED) is 0.376. The van der Waals surface area contributed by atoms with Crippen LogP contribution in [0.3, 0.4) is 0 Å². The monoisotopic (exact) mass is 468 g/mol. The second-order valence-electron chi connectivity index (χ2n) is 5.63. The van der Waals surface area contributed by atoms with Crippen molar-refractivity contribution in [2.75, 3.05) is 0 Å². The highest BCUT2D eigenvalue weighted by molar-refractivity contribution is 14.1. The summed E-state index contributed by atoms with van der Waals surface area (Å²) in [5.41, 5.74) is 3.61. The molecule has 134 valence electrons. The summed E-state index contributed by atoms with van der Waals surface area (Å²) in [4.78, 5) is 1.28. The molecular formula is C19H25IN4S. The second kappa shape index (κ2) is 10.0. The van der Waals surface area contributed by atoms with Gasteiger partial charge in [0.05, 0.1) is 15.0 Å². The second-order valence-corrected chi connectivity index (χ2v) is 7.81. The van der Waals surface area contributed by atoms with Gasteiger partial charge in [0.1, 0.15) is 0 Å². The molecule has 1 aromatic carbocycles. The van der Waals surface area contributed by atoms with E-state index in [0.717, 1.165) is 30.2 Å². The third kappa shape index (κ3) is 6.18. The summed E-state index contributed by atoms with van der Waals surface area (Å²) in [5.74, 6) is 1.01. The van der Waals surface area contributed by atoms with Crippen LogP contribution in [0.1, 0.15) is 30.8 Å². The molecule has 25 heavy (non-hydrogen) atoms. The Hall–Kier alpha value is -1.28. The van der Waals surface area contributed by atoms with Crippen molar-refractivity contribution in [3.05, 3.63) is 63.2 Å². The van der Waals surface area contributed by atoms with Crippen molar-refractivity contribution in [3.63, 3.8) is 0 Å². The molecule has 0 aliphatic carbocycles. The molecule has 0 radical (unpaired) electrons. The van der Waals surface area contributed by atoms with Gasteiger partial charge in [-0.25, -0.2) is 0 Å². The summed E-state index contributed by atoms with van der Waals surface area (Å²) in [6.45, 7) is 10.2. The minimum atomic E-state index is 0.937. The van der Waals surface area contributed by atoms with Gasteiger partial charge in [-0.05, 0) is 55.8 Å². The van der Waals surface area contributed by atoms with Crippen LogP contribution in [0.4, 0.5) is 0 Å². The summed E-state index contributed by atoms with van der Waals surface area (Å²) < 4.78 is 5.18. The van der Waals surface area contributed by atoms with Crippen LogP contribution < -0.4 is 0 Å². The average Bonchev–Trinajstić information content (AvgIpc) is 3.16. The molecule has 3 aromatic rings. The van der Waals surface area contributed by atoms with Gasteiger partial charge in [0, 0.05) is 36.1 Å². The van der Waals surface area contributed by atoms with Crippen LogP contribution in [0.25, 0.3) is 0 Å². The highest BCUT2D eigenvalue weighted by Crippen LogP contribution is 2.25. The molecule has 0 amide bonds. The number of rotatable bonds is 5. The van der Waals surface area contributed by atoms with Gasteiger partial charge >= 0.3 is 0 Å². The van der Waals surface area contributed by atoms with Gasteiger partial charge in [-0.2, -0.15) is 10.2 Å². The fourth-order valence-corrected chi connectivity index (χ4v) is 3.58. The Labute approximate surface area is 168 Å². The van der Waals surface area contributed by atoms with E-state index in [2.05, 4.69) is 96.3 Å². The van der Waals surface area contributed by atoms with Crippen LogP contribution in [0, 0.1) is 17.4 Å². The molecule has 0 saturated carbocycles. The van der Waals surface area contributed by atoms with Gasteiger partial charge in [-0.15, -0.1) is 11.8 Å². The molecule has 0 aliphatic heterocycles. The smallest absolute Gasteiger partial charge is 0.0729 e. The van der Waals surface area contributed by atoms with E-state index in [-0.39, 0.29) is 0 Å². The topological polar surface area (TPSA) is 35.6 Å². The lowest BCUT2D eigenvalue weighted by molar-refractivity contribution is 0.653. The maximum atomic E-state index is 4.44. The molecule has 0 saturated heterocycles. The highest BCUT2D eigenvalue weighted by atomic mass is 127. The molecule has 0 spiro atoms. The van der Waals surface area contributed by atoms with Gasteiger partial charge in [0.2, 0.25) is 0 Å². The maximum absolute atomic E-state index is 4.44. The first-order valence-corrected chi connectivity index (χ1v) is 10.5. The van der Waals surface area contributed by atoms with Crippen molar-refractivity contribution >= 4 is 34.4 Å². The van der Waals surface area contributed by atoms with Crippen LogP contribution >= 0.6 is 34.4 Å². The summed E-state index contributed by atoms with van der Waals surface area (Å²) in [6.07, 6.45) is 4.18. The van der Waals surface area contributed by atoms with E-state index < -0.39 is 0 Å². The zero-order chi connectivity index (χ0) is 18.2. The lowest BCUT2D eigenvalue weighted by Crippen LogP contribution is -1.93. The van der Waals surface area contributed by atoms with Crippen LogP contribution in [0.5, 0.6) is 0 Å². The molecule has 0 atom stereocenters. The van der Waals surface area contributed by atoms with Gasteiger partial charge in [0.15, 0.2) is 0 Å². The molecule has 0 aliphatic rings. The van der Waals surface area contributed by atoms with E-state index in [0.29, 0.717) is 0 Å². The fourth-order valence-electron chi connectivity index (χ4n) is 2.19. The first-order valence-electron chi connectivity index (χ1n) is 8.43. The summed E-state index contributed by atoms with van der Waals surface area (Å²) in [6, 6.07) is 10.5. The SMILES string of the molecule is CCn1cc(I)c(C)n1.CCn1cc(SCc2ccccc2)c(C)n1. The number of hydrogen-bond donors (Lipinski definition) is 0. The minimum Gasteiger partial charge on any atom is -0.272 e. The third-order valence-electron chi connectivity index (χ3n) is 3.67. The van der Waals surface area contributed by atoms with Gasteiger partial charge in [0.25, 0.3) is 0 Å². The van der Waals surface area contributed by atoms with Crippen molar-refractivity contribution in [3.8, 4) is 0 Å². The molecule has 4 nitrogen and oxygen atoms in total. The molecular weight excluding hydrogens is 443 g/mol. The number of aromatic nitrogens is 4. The van der Waals surface area contributed by atoms with E-state index >= 15 is 0 Å². The molecule has 3 rings (SSSR count). The molecule has 0 unspecified atom stereocenters. The first-order chi connectivity index (χ1) is 12.0. The van der Waals surface area contributed by atoms with Gasteiger partial charge in [-0.1, -0.05) is 30.3 Å². The van der Waals surface area contributed by atoms with Crippen LogP contribution in [0.15, 0.2) is 47.6 Å². The third-order valence-corrected chi connectivity index (χ3v) is 5.92. The largest absolute Gasteiger partial charge is 0.272 e. The number of thioether (sulfide) groups is 1. The normalized spacial score (nSPS) is 10.4. The van der Waals surface area contributed by atoms with Gasteiger partial charge < -0.3 is 0 Å². The Morgan fingerprint density at radius 3 is 2.00 bits per heavy atom. The lowest BCUT2D eigenvalue weighted by atomic mass is 10.2. The van der Waals surface area contributed by atoms with Gasteiger partial charge in [-0.3, -0.25) is 9.36 Å². The highest BCUT2D eigenvalue weighted by Gasteiger charge is 2.04. The molecule has 6 heteroatoms. The Morgan fingerprint density at radius 2 is 1.52 bits per heavy atom. The van der Waals surface area contributed by atoms with Crippen molar-refractivity contribution < 1.29 is 0 Å². The number of hydrogen-bond acceptors (Lipinski definition) is 3. The van der Waals surface area contributed by atoms with E-state index in [1.165, 1.54) is 14.0 Å². The molecule has 0 N–H and O–H groups in total. The average molecular weight is 468 g/mol. The fraction of sp³-hybridized carbons (Fsp3) is 0.368.